The highest BCUT2D eigenvalue weighted by atomic mass is 16.5. The molecule has 0 unspecified atom stereocenters. The summed E-state index contributed by atoms with van der Waals surface area (Å²) in [5.41, 5.74) is 8.87. The molecule has 2 N–H and O–H groups in total. The number of carbonyl (C=O) groups excluding carboxylic acids is 1. The first-order valence-corrected chi connectivity index (χ1v) is 10.0. The van der Waals surface area contributed by atoms with Crippen LogP contribution in [0.3, 0.4) is 0 Å². The van der Waals surface area contributed by atoms with Crippen molar-refractivity contribution < 1.29 is 14.3 Å². The number of fused-ring (bicyclic) bond motifs is 1. The van der Waals surface area contributed by atoms with Crippen LogP contribution in [0.15, 0.2) is 18.2 Å². The Morgan fingerprint density at radius 3 is 2.45 bits per heavy atom. The molecule has 1 saturated heterocycles. The molecule has 8 heteroatoms. The monoisotopic (exact) mass is 397 g/mol. The number of ether oxygens (including phenoxy) is 2. The number of benzene rings is 1. The van der Waals surface area contributed by atoms with Gasteiger partial charge in [-0.2, -0.15) is 4.98 Å². The molecule has 1 aliphatic heterocycles. The number of aromatic nitrogens is 2. The molecule has 1 aromatic carbocycles. The maximum atomic E-state index is 13.0. The molecule has 1 amide bonds. The zero-order chi connectivity index (χ0) is 20.4. The van der Waals surface area contributed by atoms with Crippen LogP contribution in [0.1, 0.15) is 34.5 Å². The molecule has 8 nitrogen and oxygen atoms in total. The number of hydrogen-bond acceptors (Lipinski definition) is 7. The van der Waals surface area contributed by atoms with Gasteiger partial charge >= 0.3 is 0 Å². The van der Waals surface area contributed by atoms with Crippen LogP contribution < -0.4 is 20.1 Å². The Morgan fingerprint density at radius 1 is 1.00 bits per heavy atom. The molecule has 0 atom stereocenters. The lowest BCUT2D eigenvalue weighted by Gasteiger charge is -2.37. The lowest BCUT2D eigenvalue weighted by Crippen LogP contribution is -2.49. The number of nitrogens with two attached hydrogens (primary N) is 1. The second kappa shape index (κ2) is 8.14. The van der Waals surface area contributed by atoms with Crippen LogP contribution in [0.5, 0.6) is 11.5 Å². The first kappa shape index (κ1) is 19.3. The molecule has 154 valence electrons. The van der Waals surface area contributed by atoms with Crippen LogP contribution in [-0.4, -0.2) is 61.2 Å². The van der Waals surface area contributed by atoms with Crippen LogP contribution in [0.25, 0.3) is 0 Å². The van der Waals surface area contributed by atoms with Crippen molar-refractivity contribution in [2.45, 2.75) is 25.7 Å². The Hall–Kier alpha value is -3.03. The molecule has 2 aliphatic rings. The summed E-state index contributed by atoms with van der Waals surface area (Å²) < 4.78 is 10.6. The zero-order valence-electron chi connectivity index (χ0n) is 17.0. The lowest BCUT2D eigenvalue weighted by molar-refractivity contribution is 0.0746. The van der Waals surface area contributed by atoms with Crippen LogP contribution in [0, 0.1) is 0 Å². The molecule has 1 aromatic heterocycles. The second-order valence-corrected chi connectivity index (χ2v) is 7.39. The van der Waals surface area contributed by atoms with E-state index < -0.39 is 0 Å². The lowest BCUT2D eigenvalue weighted by atomic mass is 9.96. The quantitative estimate of drug-likeness (QED) is 0.842. The Labute approximate surface area is 170 Å². The number of nitrogens with zero attached hydrogens (tertiary/aromatic N) is 4. The third-order valence-electron chi connectivity index (χ3n) is 5.68. The largest absolute Gasteiger partial charge is 0.493 e. The molecule has 4 rings (SSSR count). The number of anilines is 2. The zero-order valence-corrected chi connectivity index (χ0v) is 17.0. The van der Waals surface area contributed by atoms with E-state index in [9.17, 15) is 4.79 Å². The Kier molecular flexibility index (Phi) is 5.42. The van der Waals surface area contributed by atoms with E-state index >= 15 is 0 Å². The second-order valence-electron chi connectivity index (χ2n) is 7.39. The summed E-state index contributed by atoms with van der Waals surface area (Å²) in [5, 5.41) is 0. The van der Waals surface area contributed by atoms with E-state index in [4.69, 9.17) is 15.2 Å². The third-order valence-corrected chi connectivity index (χ3v) is 5.68. The fourth-order valence-corrected chi connectivity index (χ4v) is 4.13. The number of hydrogen-bond donors (Lipinski definition) is 1. The van der Waals surface area contributed by atoms with Crippen LogP contribution in [-0.2, 0) is 12.8 Å². The Morgan fingerprint density at radius 2 is 1.72 bits per heavy atom. The molecular weight excluding hydrogens is 370 g/mol. The van der Waals surface area contributed by atoms with Crippen molar-refractivity contribution in [2.75, 3.05) is 51.0 Å². The normalized spacial score (nSPS) is 16.3. The van der Waals surface area contributed by atoms with Crippen molar-refractivity contribution in [3.05, 3.63) is 35.0 Å². The van der Waals surface area contributed by atoms with Gasteiger partial charge in [-0.15, -0.1) is 0 Å². The molecule has 0 radical (unpaired) electrons. The summed E-state index contributed by atoms with van der Waals surface area (Å²) in [6, 6.07) is 5.27. The van der Waals surface area contributed by atoms with Crippen molar-refractivity contribution in [2.24, 2.45) is 0 Å². The van der Waals surface area contributed by atoms with Gasteiger partial charge in [-0.1, -0.05) is 0 Å². The number of carbonyl (C=O) groups is 1. The number of aryl methyl sites for hydroxylation is 1. The predicted octanol–water partition coefficient (Wildman–Crippen LogP) is 1.92. The van der Waals surface area contributed by atoms with Gasteiger partial charge in [0.1, 0.15) is 5.82 Å². The Balaban J connectivity index is 1.48. The maximum absolute atomic E-state index is 13.0. The minimum atomic E-state index is -0.00478. The summed E-state index contributed by atoms with van der Waals surface area (Å²) in [6.07, 6.45) is 4.27. The van der Waals surface area contributed by atoms with Gasteiger partial charge in [-0.05, 0) is 43.9 Å². The number of amides is 1. The number of rotatable bonds is 4. The number of piperazine rings is 1. The fraction of sp³-hybridized carbons (Fsp3) is 0.476. The highest BCUT2D eigenvalue weighted by Gasteiger charge is 2.27. The van der Waals surface area contributed by atoms with Gasteiger partial charge in [0, 0.05) is 37.3 Å². The highest BCUT2D eigenvalue weighted by Crippen LogP contribution is 2.30. The average molecular weight is 397 g/mol. The maximum Gasteiger partial charge on any atom is 0.254 e. The topological polar surface area (TPSA) is 93.8 Å². The molecule has 1 aliphatic carbocycles. The molecule has 2 aromatic rings. The summed E-state index contributed by atoms with van der Waals surface area (Å²) in [7, 11) is 3.15. The van der Waals surface area contributed by atoms with E-state index in [-0.39, 0.29) is 5.91 Å². The first-order valence-electron chi connectivity index (χ1n) is 10.0. The van der Waals surface area contributed by atoms with Gasteiger partial charge in [-0.3, -0.25) is 4.79 Å². The van der Waals surface area contributed by atoms with E-state index in [2.05, 4.69) is 14.9 Å². The van der Waals surface area contributed by atoms with Crippen molar-refractivity contribution >= 4 is 17.7 Å². The summed E-state index contributed by atoms with van der Waals surface area (Å²) in [4.78, 5) is 26.0. The minimum absolute atomic E-state index is 0.00478. The van der Waals surface area contributed by atoms with Crippen LogP contribution in [0.4, 0.5) is 11.8 Å². The standard InChI is InChI=1S/C21H27N5O3/c1-28-17-8-7-14(13-18(17)29-2)20(27)26-11-9-25(10-12-26)19-15-5-3-4-6-16(15)23-21(22)24-19/h7-8,13H,3-6,9-12H2,1-2H3,(H2,22,23,24). The molecule has 0 bridgehead atoms. The predicted molar refractivity (Wildman–Crippen MR) is 111 cm³/mol. The summed E-state index contributed by atoms with van der Waals surface area (Å²) >= 11 is 0. The summed E-state index contributed by atoms with van der Waals surface area (Å²) in [5.74, 6) is 2.45. The van der Waals surface area contributed by atoms with E-state index in [1.165, 1.54) is 5.56 Å². The molecule has 1 fully saturated rings. The van der Waals surface area contributed by atoms with Gasteiger partial charge in [0.25, 0.3) is 5.91 Å². The van der Waals surface area contributed by atoms with Crippen LogP contribution >= 0.6 is 0 Å². The van der Waals surface area contributed by atoms with Crippen molar-refractivity contribution in [3.63, 3.8) is 0 Å². The van der Waals surface area contributed by atoms with Gasteiger partial charge in [0.2, 0.25) is 5.95 Å². The molecule has 2 heterocycles. The van der Waals surface area contributed by atoms with E-state index in [0.717, 1.165) is 50.3 Å². The molecule has 0 saturated carbocycles. The van der Waals surface area contributed by atoms with E-state index in [0.29, 0.717) is 36.1 Å². The fourth-order valence-electron chi connectivity index (χ4n) is 4.13. The van der Waals surface area contributed by atoms with E-state index in [1.807, 2.05) is 4.90 Å². The van der Waals surface area contributed by atoms with Crippen molar-refractivity contribution in [3.8, 4) is 11.5 Å². The molecular formula is C21H27N5O3. The van der Waals surface area contributed by atoms with Gasteiger partial charge in [-0.25, -0.2) is 4.98 Å². The summed E-state index contributed by atoms with van der Waals surface area (Å²) in [6.45, 7) is 2.71. The SMILES string of the molecule is COc1ccc(C(=O)N2CCN(c3nc(N)nc4c3CCCC4)CC2)cc1OC. The van der Waals surface area contributed by atoms with Gasteiger partial charge < -0.3 is 25.0 Å². The molecule has 0 spiro atoms. The smallest absolute Gasteiger partial charge is 0.254 e. The van der Waals surface area contributed by atoms with Crippen LogP contribution in [0.2, 0.25) is 0 Å². The van der Waals surface area contributed by atoms with E-state index in [1.54, 1.807) is 32.4 Å². The van der Waals surface area contributed by atoms with Gasteiger partial charge in [0.05, 0.1) is 19.9 Å². The van der Waals surface area contributed by atoms with Crippen molar-refractivity contribution in [1.29, 1.82) is 0 Å². The van der Waals surface area contributed by atoms with Crippen molar-refractivity contribution in [1.82, 2.24) is 14.9 Å². The average Bonchev–Trinajstić information content (AvgIpc) is 2.77. The number of nitrogen functional groups attached to an aromatic ring is 1. The Bertz CT molecular complexity index is 909. The molecule has 29 heavy (non-hydrogen) atoms. The first-order chi connectivity index (χ1) is 14.1. The highest BCUT2D eigenvalue weighted by molar-refractivity contribution is 5.95. The minimum Gasteiger partial charge on any atom is -0.493 e. The van der Waals surface area contributed by atoms with Gasteiger partial charge in [0.15, 0.2) is 11.5 Å². The third kappa shape index (κ3) is 3.79. The number of methoxy groups -OCH3 is 2.